The van der Waals surface area contributed by atoms with Gasteiger partial charge in [0.2, 0.25) is 0 Å². The number of ether oxygens (including phenoxy) is 1. The third kappa shape index (κ3) is 6.49. The summed E-state index contributed by atoms with van der Waals surface area (Å²) in [6.07, 6.45) is 0. The van der Waals surface area contributed by atoms with Crippen LogP contribution in [0.15, 0.2) is 18.2 Å². The van der Waals surface area contributed by atoms with Crippen molar-refractivity contribution in [1.29, 1.82) is 0 Å². The second-order valence-corrected chi connectivity index (χ2v) is 5.96. The molecule has 0 radical (unpaired) electrons. The molecular weight excluding hydrogens is 260 g/mol. The predicted molar refractivity (Wildman–Crippen MR) is 91.0 cm³/mol. The lowest BCUT2D eigenvalue weighted by Gasteiger charge is -2.20. The molecule has 0 bridgehead atoms. The van der Waals surface area contributed by atoms with Crippen LogP contribution in [0.3, 0.4) is 0 Å². The summed E-state index contributed by atoms with van der Waals surface area (Å²) in [6, 6.07) is 6.39. The molecule has 0 amide bonds. The molecule has 0 fully saturated rings. The number of hydrogen-bond donors (Lipinski definition) is 1. The van der Waals surface area contributed by atoms with Gasteiger partial charge < -0.3 is 15.0 Å². The number of rotatable bonds is 10. The van der Waals surface area contributed by atoms with Gasteiger partial charge in [0.15, 0.2) is 0 Å². The minimum absolute atomic E-state index is 0.668. The molecule has 0 aliphatic carbocycles. The van der Waals surface area contributed by atoms with Gasteiger partial charge in [-0.3, -0.25) is 0 Å². The summed E-state index contributed by atoms with van der Waals surface area (Å²) in [5, 5.41) is 3.50. The van der Waals surface area contributed by atoms with Crippen LogP contribution in [0, 0.1) is 12.8 Å². The van der Waals surface area contributed by atoms with Crippen molar-refractivity contribution in [2.24, 2.45) is 5.92 Å². The quantitative estimate of drug-likeness (QED) is 0.715. The molecule has 1 N–H and O–H groups in total. The van der Waals surface area contributed by atoms with Gasteiger partial charge in [-0.25, -0.2) is 0 Å². The molecule has 1 rings (SSSR count). The monoisotopic (exact) mass is 292 g/mol. The van der Waals surface area contributed by atoms with Crippen LogP contribution >= 0.6 is 0 Å². The summed E-state index contributed by atoms with van der Waals surface area (Å²) in [4.78, 5) is 2.38. The molecule has 1 aromatic rings. The molecule has 0 atom stereocenters. The highest BCUT2D eigenvalue weighted by atomic mass is 16.5. The Morgan fingerprint density at radius 3 is 2.52 bits per heavy atom. The molecule has 0 saturated carbocycles. The van der Waals surface area contributed by atoms with Crippen LogP contribution in [0.4, 0.5) is 0 Å². The Balaban J connectivity index is 2.58. The van der Waals surface area contributed by atoms with Gasteiger partial charge in [-0.05, 0) is 38.0 Å². The Morgan fingerprint density at radius 2 is 1.90 bits per heavy atom. The Bertz CT molecular complexity index is 400. The van der Waals surface area contributed by atoms with E-state index < -0.39 is 0 Å². The van der Waals surface area contributed by atoms with Crippen molar-refractivity contribution in [1.82, 2.24) is 10.2 Å². The molecule has 0 unspecified atom stereocenters. The lowest BCUT2D eigenvalue weighted by molar-refractivity contribution is 0.220. The lowest BCUT2D eigenvalue weighted by Crippen LogP contribution is -2.28. The summed E-state index contributed by atoms with van der Waals surface area (Å²) >= 11 is 0. The minimum Gasteiger partial charge on any atom is -0.492 e. The molecule has 0 aliphatic rings. The molecule has 120 valence electrons. The summed E-state index contributed by atoms with van der Waals surface area (Å²) in [7, 11) is 0. The third-order valence-corrected chi connectivity index (χ3v) is 3.71. The molecule has 0 aliphatic heterocycles. The summed E-state index contributed by atoms with van der Waals surface area (Å²) < 4.78 is 6.08. The molecule has 0 spiro atoms. The fraction of sp³-hybridized carbons (Fsp3) is 0.667. The van der Waals surface area contributed by atoms with Gasteiger partial charge in [0.1, 0.15) is 12.4 Å². The number of likely N-dealkylation sites (N-methyl/N-ethyl adjacent to an activating group) is 1. The van der Waals surface area contributed by atoms with E-state index in [9.17, 15) is 0 Å². The van der Waals surface area contributed by atoms with E-state index in [1.54, 1.807) is 0 Å². The van der Waals surface area contributed by atoms with Crippen LogP contribution in [-0.2, 0) is 6.54 Å². The highest BCUT2D eigenvalue weighted by Gasteiger charge is 2.08. The van der Waals surface area contributed by atoms with Gasteiger partial charge in [-0.1, -0.05) is 45.9 Å². The first-order valence-electron chi connectivity index (χ1n) is 8.22. The highest BCUT2D eigenvalue weighted by Crippen LogP contribution is 2.23. The topological polar surface area (TPSA) is 24.5 Å². The molecule has 1 aromatic carbocycles. The van der Waals surface area contributed by atoms with E-state index in [1.807, 2.05) is 0 Å². The Morgan fingerprint density at radius 1 is 1.19 bits per heavy atom. The van der Waals surface area contributed by atoms with E-state index in [0.717, 1.165) is 45.1 Å². The van der Waals surface area contributed by atoms with Gasteiger partial charge in [0.05, 0.1) is 0 Å². The summed E-state index contributed by atoms with van der Waals surface area (Å²) in [6.45, 7) is 16.8. The Labute approximate surface area is 130 Å². The molecule has 0 aromatic heterocycles. The maximum absolute atomic E-state index is 6.08. The van der Waals surface area contributed by atoms with E-state index in [2.05, 4.69) is 63.0 Å². The fourth-order valence-electron chi connectivity index (χ4n) is 2.37. The molecule has 0 saturated heterocycles. The second-order valence-electron chi connectivity index (χ2n) is 5.96. The van der Waals surface area contributed by atoms with Gasteiger partial charge in [-0.2, -0.15) is 0 Å². The molecule has 0 heterocycles. The van der Waals surface area contributed by atoms with Crippen molar-refractivity contribution in [3.8, 4) is 5.75 Å². The molecule has 3 nitrogen and oxygen atoms in total. The van der Waals surface area contributed by atoms with Crippen LogP contribution in [0.1, 0.15) is 38.8 Å². The highest BCUT2D eigenvalue weighted by molar-refractivity contribution is 5.40. The van der Waals surface area contributed by atoms with E-state index >= 15 is 0 Å². The zero-order valence-corrected chi connectivity index (χ0v) is 14.4. The van der Waals surface area contributed by atoms with Crippen LogP contribution in [0.5, 0.6) is 5.75 Å². The maximum atomic E-state index is 6.08. The van der Waals surface area contributed by atoms with Crippen molar-refractivity contribution >= 4 is 0 Å². The van der Waals surface area contributed by atoms with Gasteiger partial charge >= 0.3 is 0 Å². The summed E-state index contributed by atoms with van der Waals surface area (Å²) in [5.41, 5.74) is 2.48. The van der Waals surface area contributed by atoms with E-state index in [1.165, 1.54) is 11.1 Å². The van der Waals surface area contributed by atoms with Crippen molar-refractivity contribution in [3.05, 3.63) is 29.3 Å². The Kier molecular flexibility index (Phi) is 8.40. The van der Waals surface area contributed by atoms with Crippen LogP contribution in [0.25, 0.3) is 0 Å². The van der Waals surface area contributed by atoms with E-state index in [4.69, 9.17) is 4.74 Å². The van der Waals surface area contributed by atoms with Gasteiger partial charge in [-0.15, -0.1) is 0 Å². The number of benzene rings is 1. The average molecular weight is 292 g/mol. The standard InChI is InChI=1S/C18H32N2O/c1-6-20(7-2)11-12-21-18-16(5)9-8-10-17(18)14-19-13-15(3)4/h8-10,15,19H,6-7,11-14H2,1-5H3. The van der Waals surface area contributed by atoms with Gasteiger partial charge in [0, 0.05) is 18.7 Å². The van der Waals surface area contributed by atoms with Crippen molar-refractivity contribution < 1.29 is 4.74 Å². The van der Waals surface area contributed by atoms with Crippen LogP contribution < -0.4 is 10.1 Å². The maximum Gasteiger partial charge on any atom is 0.126 e. The lowest BCUT2D eigenvalue weighted by atomic mass is 10.1. The number of nitrogens with zero attached hydrogens (tertiary/aromatic N) is 1. The van der Waals surface area contributed by atoms with Crippen molar-refractivity contribution in [2.75, 3.05) is 32.8 Å². The molecular formula is C18H32N2O. The Hall–Kier alpha value is -1.06. The van der Waals surface area contributed by atoms with E-state index in [-0.39, 0.29) is 0 Å². The average Bonchev–Trinajstić information content (AvgIpc) is 2.45. The van der Waals surface area contributed by atoms with Crippen LogP contribution in [0.2, 0.25) is 0 Å². The van der Waals surface area contributed by atoms with Crippen molar-refractivity contribution in [2.45, 2.75) is 41.2 Å². The number of aryl methyl sites for hydroxylation is 1. The smallest absolute Gasteiger partial charge is 0.126 e. The van der Waals surface area contributed by atoms with Crippen molar-refractivity contribution in [3.63, 3.8) is 0 Å². The second kappa shape index (κ2) is 9.80. The molecule has 3 heteroatoms. The number of para-hydroxylation sites is 1. The third-order valence-electron chi connectivity index (χ3n) is 3.71. The predicted octanol–water partition coefficient (Wildman–Crippen LogP) is 3.46. The first-order valence-corrected chi connectivity index (χ1v) is 8.22. The SMILES string of the molecule is CCN(CC)CCOc1c(C)cccc1CNCC(C)C. The summed E-state index contributed by atoms with van der Waals surface area (Å²) in [5.74, 6) is 1.72. The van der Waals surface area contributed by atoms with E-state index in [0.29, 0.717) is 5.92 Å². The zero-order valence-electron chi connectivity index (χ0n) is 14.4. The first-order chi connectivity index (χ1) is 10.1. The number of nitrogens with one attached hydrogen (secondary N) is 1. The minimum atomic E-state index is 0.668. The molecule has 21 heavy (non-hydrogen) atoms. The number of hydrogen-bond acceptors (Lipinski definition) is 3. The first kappa shape index (κ1) is 18.0. The fourth-order valence-corrected chi connectivity index (χ4v) is 2.37. The normalized spacial score (nSPS) is 11.4. The largest absolute Gasteiger partial charge is 0.492 e. The van der Waals surface area contributed by atoms with Crippen LogP contribution in [-0.4, -0.2) is 37.7 Å². The van der Waals surface area contributed by atoms with Gasteiger partial charge in [0.25, 0.3) is 0 Å². The zero-order chi connectivity index (χ0) is 15.7.